The zero-order valence-corrected chi connectivity index (χ0v) is 29.9. The highest BCUT2D eigenvalue weighted by molar-refractivity contribution is 9.10. The second kappa shape index (κ2) is 14.8. The summed E-state index contributed by atoms with van der Waals surface area (Å²) in [5.41, 5.74) is -1.53. The number of carbonyl (C=O) groups excluding carboxylic acids is 3. The molecule has 3 aliphatic rings. The fraction of sp³-hybridized carbons (Fsp3) is 0.594. The third-order valence-corrected chi connectivity index (χ3v) is 9.58. The second-order valence-corrected chi connectivity index (χ2v) is 15.0. The van der Waals surface area contributed by atoms with E-state index in [4.69, 9.17) is 9.47 Å². The minimum atomic E-state index is -1.44. The average Bonchev–Trinajstić information content (AvgIpc) is 3.32. The molecule has 0 bridgehead atoms. The van der Waals surface area contributed by atoms with E-state index in [-0.39, 0.29) is 25.3 Å². The van der Waals surface area contributed by atoms with Crippen LogP contribution in [0.2, 0.25) is 0 Å². The van der Waals surface area contributed by atoms with Crippen molar-refractivity contribution in [3.63, 3.8) is 0 Å². The number of aliphatic carboxylic acids is 1. The molecular weight excluding hydrogens is 706 g/mol. The van der Waals surface area contributed by atoms with Crippen LogP contribution in [0.1, 0.15) is 71.8 Å². The number of fused-ring (bicyclic) bond motifs is 2. The van der Waals surface area contributed by atoms with E-state index >= 15 is 0 Å². The molecule has 2 fully saturated rings. The van der Waals surface area contributed by atoms with Gasteiger partial charge >= 0.3 is 12.1 Å². The number of benzene rings is 1. The fourth-order valence-corrected chi connectivity index (χ4v) is 6.81. The number of hydrogen-bond donors (Lipinski definition) is 3. The van der Waals surface area contributed by atoms with Crippen molar-refractivity contribution >= 4 is 51.6 Å². The van der Waals surface area contributed by atoms with Crippen LogP contribution in [0.4, 0.5) is 4.79 Å². The molecule has 1 saturated heterocycles. The Morgan fingerprint density at radius 2 is 2.02 bits per heavy atom. The maximum absolute atomic E-state index is 14.2. The molecule has 1 saturated carbocycles. The number of thioether (sulfide) groups is 1. The van der Waals surface area contributed by atoms with Crippen LogP contribution in [0, 0.1) is 5.92 Å². The monoisotopic (exact) mass is 747 g/mol. The smallest absolute Gasteiger partial charge is 0.408 e. The summed E-state index contributed by atoms with van der Waals surface area (Å²) in [7, 11) is 0. The van der Waals surface area contributed by atoms with Gasteiger partial charge in [-0.05, 0) is 92.1 Å². The van der Waals surface area contributed by atoms with E-state index in [1.807, 2.05) is 36.6 Å². The number of nitrogens with one attached hydrogen (secondary N) is 2. The first-order valence-corrected chi connectivity index (χ1v) is 18.2. The quantitative estimate of drug-likeness (QED) is 0.272. The summed E-state index contributed by atoms with van der Waals surface area (Å²) < 4.78 is 11.9. The number of tetrazole rings is 1. The minimum Gasteiger partial charge on any atom is -0.482 e. The molecule has 14 nitrogen and oxygen atoms in total. The Morgan fingerprint density at radius 1 is 1.23 bits per heavy atom. The molecule has 3 N–H and O–H groups in total. The maximum Gasteiger partial charge on any atom is 0.408 e. The summed E-state index contributed by atoms with van der Waals surface area (Å²) in [5.74, 6) is -0.995. The molecule has 0 spiro atoms. The van der Waals surface area contributed by atoms with E-state index in [1.165, 1.54) is 9.70 Å². The largest absolute Gasteiger partial charge is 0.482 e. The Kier molecular flexibility index (Phi) is 11.0. The number of ether oxygens (including phenoxy) is 2. The molecule has 0 unspecified atom stereocenters. The number of hydrogen-bond acceptors (Lipinski definition) is 10. The van der Waals surface area contributed by atoms with Gasteiger partial charge in [0.1, 0.15) is 34.9 Å². The maximum atomic E-state index is 14.2. The lowest BCUT2D eigenvalue weighted by Gasteiger charge is -2.30. The van der Waals surface area contributed by atoms with Crippen molar-refractivity contribution in [2.24, 2.45) is 5.92 Å². The molecule has 5 rings (SSSR count). The summed E-state index contributed by atoms with van der Waals surface area (Å²) in [6.45, 7) is 5.25. The number of aromatic nitrogens is 4. The molecule has 260 valence electrons. The van der Waals surface area contributed by atoms with Gasteiger partial charge in [-0.1, -0.05) is 25.0 Å². The third kappa shape index (κ3) is 8.31. The zero-order chi connectivity index (χ0) is 34.6. The molecule has 1 aliphatic carbocycles. The van der Waals surface area contributed by atoms with Gasteiger partial charge < -0.3 is 30.1 Å². The number of amides is 3. The number of rotatable bonds is 7. The minimum absolute atomic E-state index is 0.0494. The Labute approximate surface area is 291 Å². The highest BCUT2D eigenvalue weighted by atomic mass is 79.9. The third-order valence-electron chi connectivity index (χ3n) is 8.61. The van der Waals surface area contributed by atoms with Gasteiger partial charge in [0, 0.05) is 24.4 Å². The van der Waals surface area contributed by atoms with Crippen molar-refractivity contribution in [2.75, 3.05) is 18.7 Å². The zero-order valence-electron chi connectivity index (χ0n) is 27.5. The highest BCUT2D eigenvalue weighted by Gasteiger charge is 2.61. The summed E-state index contributed by atoms with van der Waals surface area (Å²) in [4.78, 5) is 56.1. The van der Waals surface area contributed by atoms with Gasteiger partial charge in [-0.2, -0.15) is 4.80 Å². The molecule has 2 aliphatic heterocycles. The van der Waals surface area contributed by atoms with E-state index in [0.717, 1.165) is 23.7 Å². The number of allylic oxidation sites excluding steroid dienone is 1. The Morgan fingerprint density at radius 3 is 2.73 bits per heavy atom. The summed E-state index contributed by atoms with van der Waals surface area (Å²) in [6.07, 6.45) is 8.79. The number of nitrogens with zero attached hydrogens (tertiary/aromatic N) is 5. The Balaban J connectivity index is 1.42. The van der Waals surface area contributed by atoms with Crippen molar-refractivity contribution in [2.45, 2.75) is 95.0 Å². The standard InChI is InChI=1S/C32H42BrN7O7S/c1-31(2,3)47-30(45)34-23-11-9-7-5-6-8-10-20-16-32(20,29(43)44)35-27(41)24-15-21(17-39(24)28(23)42)40-37-26(36-38-40)19-12-13-25(22(33)14-19)46-18-48-4/h8,10,12-14,20-21,23-24H,5-7,9,11,15-18H2,1-4H3,(H,34,45)(H,35,41)(H,43,44)/b10-8-/t20-,21+,23-,24-,32+/m0/s1. The van der Waals surface area contributed by atoms with Crippen molar-refractivity contribution in [3.8, 4) is 17.1 Å². The van der Waals surface area contributed by atoms with Crippen LogP contribution in [-0.4, -0.2) is 96.1 Å². The molecule has 3 amide bonds. The van der Waals surface area contributed by atoms with Gasteiger partial charge in [0.25, 0.3) is 0 Å². The molecule has 5 atom stereocenters. The molecular formula is C32H42BrN7O7S. The van der Waals surface area contributed by atoms with E-state index in [0.29, 0.717) is 35.9 Å². The molecule has 48 heavy (non-hydrogen) atoms. The van der Waals surface area contributed by atoms with Gasteiger partial charge in [-0.25, -0.2) is 9.59 Å². The molecule has 16 heteroatoms. The van der Waals surface area contributed by atoms with Crippen LogP contribution in [0.5, 0.6) is 5.75 Å². The van der Waals surface area contributed by atoms with Crippen LogP contribution in [-0.2, 0) is 19.1 Å². The van der Waals surface area contributed by atoms with E-state index in [9.17, 15) is 24.3 Å². The summed E-state index contributed by atoms with van der Waals surface area (Å²) in [5, 5.41) is 28.7. The molecule has 1 aromatic heterocycles. The molecule has 3 heterocycles. The van der Waals surface area contributed by atoms with Gasteiger partial charge in [0.2, 0.25) is 17.6 Å². The Hall–Kier alpha value is -3.66. The average molecular weight is 749 g/mol. The number of carboxylic acid groups (broad SMARTS) is 1. The van der Waals surface area contributed by atoms with Gasteiger partial charge in [-0.3, -0.25) is 9.59 Å². The van der Waals surface area contributed by atoms with Gasteiger partial charge in [0.05, 0.1) is 10.5 Å². The first-order chi connectivity index (χ1) is 22.8. The van der Waals surface area contributed by atoms with Crippen LogP contribution in [0.15, 0.2) is 34.8 Å². The summed E-state index contributed by atoms with van der Waals surface area (Å²) in [6, 6.07) is 2.91. The Bertz CT molecular complexity index is 1560. The van der Waals surface area contributed by atoms with Crippen LogP contribution >= 0.6 is 27.7 Å². The number of carbonyl (C=O) groups is 4. The molecule has 1 aromatic carbocycles. The van der Waals surface area contributed by atoms with Crippen molar-refractivity contribution in [1.29, 1.82) is 0 Å². The lowest BCUT2D eigenvalue weighted by Crippen LogP contribution is -2.56. The topological polar surface area (TPSA) is 178 Å². The first-order valence-electron chi connectivity index (χ1n) is 16.0. The van der Waals surface area contributed by atoms with E-state index in [1.54, 1.807) is 32.5 Å². The van der Waals surface area contributed by atoms with Gasteiger partial charge in [0.15, 0.2) is 0 Å². The predicted octanol–water partition coefficient (Wildman–Crippen LogP) is 4.32. The first kappa shape index (κ1) is 35.6. The number of carboxylic acids is 1. The molecule has 2 aromatic rings. The SMILES string of the molecule is CSCOc1ccc(-c2nnn([C@@H]3C[C@H]4C(=O)N[C@]5(C(=O)O)C[C@@H]5/C=C\CCCCC[C@H](NC(=O)OC(C)(C)C)C(=O)N4C3)n2)cc1Br. The van der Waals surface area contributed by atoms with Crippen LogP contribution in [0.25, 0.3) is 11.4 Å². The van der Waals surface area contributed by atoms with Crippen LogP contribution < -0.4 is 15.4 Å². The number of alkyl carbamates (subject to hydrolysis) is 1. The van der Waals surface area contributed by atoms with Crippen LogP contribution in [0.3, 0.4) is 0 Å². The lowest BCUT2D eigenvalue weighted by atomic mass is 10.0. The fourth-order valence-electron chi connectivity index (χ4n) is 6.07. The van der Waals surface area contributed by atoms with Crippen molar-refractivity contribution in [1.82, 2.24) is 35.7 Å². The molecule has 0 radical (unpaired) electrons. The predicted molar refractivity (Wildman–Crippen MR) is 181 cm³/mol. The second-order valence-electron chi connectivity index (χ2n) is 13.4. The normalized spacial score (nSPS) is 27.1. The van der Waals surface area contributed by atoms with E-state index in [2.05, 4.69) is 42.0 Å². The van der Waals surface area contributed by atoms with Crippen molar-refractivity contribution < 1.29 is 33.8 Å². The van der Waals surface area contributed by atoms with Gasteiger partial charge in [-0.15, -0.1) is 22.0 Å². The number of halogens is 1. The van der Waals surface area contributed by atoms with Crippen molar-refractivity contribution in [3.05, 3.63) is 34.8 Å². The lowest BCUT2D eigenvalue weighted by molar-refractivity contribution is -0.145. The highest BCUT2D eigenvalue weighted by Crippen LogP contribution is 2.45. The van der Waals surface area contributed by atoms with E-state index < -0.39 is 53.1 Å². The summed E-state index contributed by atoms with van der Waals surface area (Å²) >= 11 is 5.08.